The molecule has 1 aromatic carbocycles. The number of ether oxygens (including phenoxy) is 1. The lowest BCUT2D eigenvalue weighted by Crippen LogP contribution is -2.23. The molecule has 6 nitrogen and oxygen atoms in total. The number of amides is 1. The molecule has 6 heteroatoms. The van der Waals surface area contributed by atoms with Gasteiger partial charge in [0.25, 0.3) is 0 Å². The Balaban J connectivity index is 2.25. The van der Waals surface area contributed by atoms with Crippen LogP contribution in [0.2, 0.25) is 0 Å². The number of primary amides is 1. The van der Waals surface area contributed by atoms with Gasteiger partial charge in [0.2, 0.25) is 5.91 Å². The molecule has 1 rings (SSSR count). The predicted octanol–water partition coefficient (Wildman–Crippen LogP) is -0.0237. The molecule has 4 N–H and O–H groups in total. The number of aromatic carboxylic acids is 1. The summed E-state index contributed by atoms with van der Waals surface area (Å²) in [6, 6.07) is 6.69. The standard InChI is InChI=1S/C12H16N2O4/c13-11(15)8-18-5-4-14-7-9-2-1-3-10(6-9)12(16)17/h1-3,6,14H,4-5,7-8H2,(H2,13,15)(H,16,17). The molecule has 0 saturated carbocycles. The highest BCUT2D eigenvalue weighted by molar-refractivity contribution is 5.87. The van der Waals surface area contributed by atoms with Crippen molar-refractivity contribution in [2.45, 2.75) is 6.54 Å². The maximum Gasteiger partial charge on any atom is 0.335 e. The summed E-state index contributed by atoms with van der Waals surface area (Å²) < 4.78 is 4.96. The van der Waals surface area contributed by atoms with Gasteiger partial charge in [-0.1, -0.05) is 12.1 Å². The minimum absolute atomic E-state index is 0.0871. The minimum atomic E-state index is -0.943. The van der Waals surface area contributed by atoms with Crippen molar-refractivity contribution < 1.29 is 19.4 Å². The zero-order valence-electron chi connectivity index (χ0n) is 9.89. The van der Waals surface area contributed by atoms with Crippen molar-refractivity contribution in [3.63, 3.8) is 0 Å². The number of carboxylic acid groups (broad SMARTS) is 1. The summed E-state index contributed by atoms with van der Waals surface area (Å²) in [4.78, 5) is 21.1. The van der Waals surface area contributed by atoms with Crippen LogP contribution in [-0.4, -0.2) is 36.7 Å². The average Bonchev–Trinajstić information content (AvgIpc) is 2.33. The van der Waals surface area contributed by atoms with E-state index < -0.39 is 11.9 Å². The highest BCUT2D eigenvalue weighted by Gasteiger charge is 2.02. The molecule has 0 aromatic heterocycles. The van der Waals surface area contributed by atoms with E-state index in [9.17, 15) is 9.59 Å². The van der Waals surface area contributed by atoms with Crippen LogP contribution in [-0.2, 0) is 16.1 Å². The number of nitrogens with two attached hydrogens (primary N) is 1. The molecule has 98 valence electrons. The van der Waals surface area contributed by atoms with Gasteiger partial charge in [-0.25, -0.2) is 4.79 Å². The smallest absolute Gasteiger partial charge is 0.335 e. The highest BCUT2D eigenvalue weighted by Crippen LogP contribution is 2.04. The summed E-state index contributed by atoms with van der Waals surface area (Å²) in [5.41, 5.74) is 6.05. The highest BCUT2D eigenvalue weighted by atomic mass is 16.5. The molecular formula is C12H16N2O4. The molecule has 0 saturated heterocycles. The minimum Gasteiger partial charge on any atom is -0.478 e. The number of benzene rings is 1. The van der Waals surface area contributed by atoms with Crippen LogP contribution in [0.4, 0.5) is 0 Å². The Morgan fingerprint density at radius 3 is 2.83 bits per heavy atom. The summed E-state index contributed by atoms with van der Waals surface area (Å²) in [5, 5.41) is 11.9. The first-order valence-corrected chi connectivity index (χ1v) is 5.48. The van der Waals surface area contributed by atoms with E-state index in [0.717, 1.165) is 5.56 Å². The summed E-state index contributed by atoms with van der Waals surface area (Å²) in [7, 11) is 0. The second-order valence-electron chi connectivity index (χ2n) is 3.70. The second-order valence-corrected chi connectivity index (χ2v) is 3.70. The number of hydrogen-bond donors (Lipinski definition) is 3. The monoisotopic (exact) mass is 252 g/mol. The zero-order valence-corrected chi connectivity index (χ0v) is 9.89. The molecule has 0 aliphatic heterocycles. The molecule has 0 radical (unpaired) electrons. The van der Waals surface area contributed by atoms with Gasteiger partial charge in [0.05, 0.1) is 12.2 Å². The number of carbonyl (C=O) groups excluding carboxylic acids is 1. The fraction of sp³-hybridized carbons (Fsp3) is 0.333. The summed E-state index contributed by atoms with van der Waals surface area (Å²) >= 11 is 0. The molecule has 0 aliphatic carbocycles. The van der Waals surface area contributed by atoms with E-state index in [1.54, 1.807) is 18.2 Å². The van der Waals surface area contributed by atoms with Crippen LogP contribution in [0, 0.1) is 0 Å². The average molecular weight is 252 g/mol. The number of carboxylic acids is 1. The van der Waals surface area contributed by atoms with E-state index >= 15 is 0 Å². The molecular weight excluding hydrogens is 236 g/mol. The van der Waals surface area contributed by atoms with Crippen molar-refractivity contribution >= 4 is 11.9 Å². The van der Waals surface area contributed by atoms with Crippen molar-refractivity contribution in [1.29, 1.82) is 0 Å². The molecule has 1 aromatic rings. The summed E-state index contributed by atoms with van der Waals surface area (Å²) in [6.45, 7) is 1.39. The van der Waals surface area contributed by atoms with Gasteiger partial charge in [0, 0.05) is 13.1 Å². The molecule has 18 heavy (non-hydrogen) atoms. The van der Waals surface area contributed by atoms with E-state index in [4.69, 9.17) is 15.6 Å². The van der Waals surface area contributed by atoms with Gasteiger partial charge < -0.3 is 20.9 Å². The van der Waals surface area contributed by atoms with Crippen molar-refractivity contribution in [2.24, 2.45) is 5.73 Å². The molecule has 0 spiro atoms. The molecule has 1 amide bonds. The molecule has 0 heterocycles. The maximum absolute atomic E-state index is 10.7. The maximum atomic E-state index is 10.7. The lowest BCUT2D eigenvalue weighted by Gasteiger charge is -2.06. The Hall–Kier alpha value is -1.92. The van der Waals surface area contributed by atoms with Crippen LogP contribution in [0.1, 0.15) is 15.9 Å². The Kier molecular flexibility index (Phi) is 5.83. The van der Waals surface area contributed by atoms with Gasteiger partial charge in [-0.15, -0.1) is 0 Å². The van der Waals surface area contributed by atoms with Crippen LogP contribution in [0.3, 0.4) is 0 Å². The quantitative estimate of drug-likeness (QED) is 0.564. The van der Waals surface area contributed by atoms with Crippen LogP contribution >= 0.6 is 0 Å². The normalized spacial score (nSPS) is 10.2. The molecule has 0 unspecified atom stereocenters. The summed E-state index contributed by atoms with van der Waals surface area (Å²) in [6.07, 6.45) is 0. The number of carbonyl (C=O) groups is 2. The summed E-state index contributed by atoms with van der Waals surface area (Å²) in [5.74, 6) is -1.44. The van der Waals surface area contributed by atoms with Gasteiger partial charge in [0.1, 0.15) is 6.61 Å². The van der Waals surface area contributed by atoms with Crippen LogP contribution in [0.25, 0.3) is 0 Å². The fourth-order valence-corrected chi connectivity index (χ4v) is 1.36. The van der Waals surface area contributed by atoms with Crippen molar-refractivity contribution in [3.8, 4) is 0 Å². The molecule has 0 fully saturated rings. The topological polar surface area (TPSA) is 102 Å². The Morgan fingerprint density at radius 1 is 1.39 bits per heavy atom. The molecule has 0 bridgehead atoms. The second kappa shape index (κ2) is 7.41. The first-order chi connectivity index (χ1) is 8.59. The van der Waals surface area contributed by atoms with E-state index in [1.165, 1.54) is 0 Å². The van der Waals surface area contributed by atoms with Gasteiger partial charge in [-0.3, -0.25) is 4.79 Å². The van der Waals surface area contributed by atoms with Crippen LogP contribution < -0.4 is 11.1 Å². The SMILES string of the molecule is NC(=O)COCCNCc1cccc(C(=O)O)c1. The third kappa shape index (κ3) is 5.42. The van der Waals surface area contributed by atoms with Gasteiger partial charge >= 0.3 is 5.97 Å². The van der Waals surface area contributed by atoms with E-state index in [-0.39, 0.29) is 12.2 Å². The Morgan fingerprint density at radius 2 is 2.17 bits per heavy atom. The Labute approximate surface area is 105 Å². The Bertz CT molecular complexity index is 420. The van der Waals surface area contributed by atoms with Crippen LogP contribution in [0.5, 0.6) is 0 Å². The van der Waals surface area contributed by atoms with Gasteiger partial charge in [-0.05, 0) is 17.7 Å². The largest absolute Gasteiger partial charge is 0.478 e. The predicted molar refractivity (Wildman–Crippen MR) is 65.1 cm³/mol. The van der Waals surface area contributed by atoms with Crippen molar-refractivity contribution in [2.75, 3.05) is 19.8 Å². The van der Waals surface area contributed by atoms with Gasteiger partial charge in [-0.2, -0.15) is 0 Å². The first kappa shape index (κ1) is 14.1. The third-order valence-corrected chi connectivity index (χ3v) is 2.17. The fourth-order valence-electron chi connectivity index (χ4n) is 1.36. The van der Waals surface area contributed by atoms with E-state index in [1.807, 2.05) is 6.07 Å². The lowest BCUT2D eigenvalue weighted by atomic mass is 10.1. The van der Waals surface area contributed by atoms with Crippen molar-refractivity contribution in [3.05, 3.63) is 35.4 Å². The van der Waals surface area contributed by atoms with Gasteiger partial charge in [0.15, 0.2) is 0 Å². The van der Waals surface area contributed by atoms with E-state index in [0.29, 0.717) is 19.7 Å². The number of hydrogen-bond acceptors (Lipinski definition) is 4. The third-order valence-electron chi connectivity index (χ3n) is 2.17. The van der Waals surface area contributed by atoms with E-state index in [2.05, 4.69) is 5.32 Å². The zero-order chi connectivity index (χ0) is 13.4. The molecule has 0 aliphatic rings. The number of nitrogens with one attached hydrogen (secondary N) is 1. The van der Waals surface area contributed by atoms with Crippen LogP contribution in [0.15, 0.2) is 24.3 Å². The lowest BCUT2D eigenvalue weighted by molar-refractivity contribution is -0.122. The molecule has 0 atom stereocenters. The van der Waals surface area contributed by atoms with Crippen molar-refractivity contribution in [1.82, 2.24) is 5.32 Å². The number of rotatable bonds is 8. The first-order valence-electron chi connectivity index (χ1n) is 5.48.